The third-order valence-electron chi connectivity index (χ3n) is 4.32. The van der Waals surface area contributed by atoms with E-state index in [2.05, 4.69) is 33.3 Å². The Balaban J connectivity index is 1.87. The summed E-state index contributed by atoms with van der Waals surface area (Å²) in [6, 6.07) is 7.99. The van der Waals surface area contributed by atoms with Gasteiger partial charge in [0.1, 0.15) is 5.69 Å². The number of nitrogens with two attached hydrogens (primary N) is 1. The Morgan fingerprint density at radius 1 is 1.32 bits per heavy atom. The van der Waals surface area contributed by atoms with Crippen LogP contribution in [0.15, 0.2) is 24.3 Å². The number of hydrogen-bond donors (Lipinski definition) is 2. The average molecular weight is 299 g/mol. The highest BCUT2D eigenvalue weighted by Gasteiger charge is 2.20. The molecule has 1 aliphatic heterocycles. The van der Waals surface area contributed by atoms with Crippen LogP contribution in [-0.4, -0.2) is 39.3 Å². The number of amides is 1. The minimum absolute atomic E-state index is 0.194. The number of H-pyrrole nitrogens is 1. The number of likely N-dealkylation sites (tertiary alicyclic amines) is 1. The maximum atomic E-state index is 11.5. The van der Waals surface area contributed by atoms with Crippen LogP contribution in [0, 0.1) is 5.92 Å². The van der Waals surface area contributed by atoms with Crippen LogP contribution in [0.4, 0.5) is 0 Å². The molecule has 0 unspecified atom stereocenters. The number of aromatic nitrogens is 3. The minimum Gasteiger partial charge on any atom is -0.364 e. The lowest BCUT2D eigenvalue weighted by molar-refractivity contribution is 0.0996. The van der Waals surface area contributed by atoms with E-state index in [0.717, 1.165) is 36.7 Å². The Morgan fingerprint density at radius 3 is 2.77 bits per heavy atom. The highest BCUT2D eigenvalue weighted by molar-refractivity contribution is 5.97. The van der Waals surface area contributed by atoms with Crippen LogP contribution in [0.25, 0.3) is 11.3 Å². The van der Waals surface area contributed by atoms with Crippen LogP contribution in [0.1, 0.15) is 35.8 Å². The monoisotopic (exact) mass is 299 g/mol. The standard InChI is InChI=1S/C16H21N5O/c1-11-6-8-21(9-7-11)10-12-4-2-3-5-13(12)14-15(16(17)22)19-20-18-14/h2-5,11H,6-10H2,1H3,(H2,17,22)(H,18,19,20). The maximum absolute atomic E-state index is 11.5. The SMILES string of the molecule is CC1CCN(Cc2ccccc2-c2n[nH]nc2C(N)=O)CC1. The summed E-state index contributed by atoms with van der Waals surface area (Å²) >= 11 is 0. The summed E-state index contributed by atoms with van der Waals surface area (Å²) in [6.07, 6.45) is 2.47. The Bertz CT molecular complexity index is 658. The van der Waals surface area contributed by atoms with Crippen LogP contribution in [0.3, 0.4) is 0 Å². The molecule has 116 valence electrons. The number of nitrogens with zero attached hydrogens (tertiary/aromatic N) is 3. The first-order chi connectivity index (χ1) is 10.6. The molecule has 6 heteroatoms. The van der Waals surface area contributed by atoms with Crippen molar-refractivity contribution < 1.29 is 4.79 Å². The van der Waals surface area contributed by atoms with Crippen LogP contribution in [0.5, 0.6) is 0 Å². The third kappa shape index (κ3) is 3.01. The largest absolute Gasteiger partial charge is 0.364 e. The fraction of sp³-hybridized carbons (Fsp3) is 0.438. The van der Waals surface area contributed by atoms with Gasteiger partial charge in [-0.05, 0) is 37.4 Å². The zero-order valence-corrected chi connectivity index (χ0v) is 12.7. The summed E-state index contributed by atoms with van der Waals surface area (Å²) in [4.78, 5) is 13.9. The molecule has 0 atom stereocenters. The molecule has 0 spiro atoms. The molecule has 22 heavy (non-hydrogen) atoms. The minimum atomic E-state index is -0.564. The normalized spacial score (nSPS) is 16.8. The van der Waals surface area contributed by atoms with Crippen molar-refractivity contribution in [1.29, 1.82) is 0 Å². The zero-order chi connectivity index (χ0) is 15.5. The van der Waals surface area contributed by atoms with E-state index in [1.54, 1.807) is 0 Å². The highest BCUT2D eigenvalue weighted by atomic mass is 16.1. The third-order valence-corrected chi connectivity index (χ3v) is 4.32. The molecule has 1 aromatic heterocycles. The van der Waals surface area contributed by atoms with Gasteiger partial charge in [0.25, 0.3) is 5.91 Å². The van der Waals surface area contributed by atoms with Gasteiger partial charge in [-0.3, -0.25) is 9.69 Å². The van der Waals surface area contributed by atoms with Crippen molar-refractivity contribution >= 4 is 5.91 Å². The number of aromatic amines is 1. The second-order valence-electron chi connectivity index (χ2n) is 6.00. The molecule has 3 rings (SSSR count). The molecule has 1 saturated heterocycles. The molecule has 1 aliphatic rings. The summed E-state index contributed by atoms with van der Waals surface area (Å²) in [5, 5.41) is 10.5. The predicted octanol–water partition coefficient (Wildman–Crippen LogP) is 1.80. The molecule has 0 aliphatic carbocycles. The molecule has 2 aromatic rings. The lowest BCUT2D eigenvalue weighted by Crippen LogP contribution is -2.32. The summed E-state index contributed by atoms with van der Waals surface area (Å²) in [5.41, 5.74) is 8.17. The first-order valence-corrected chi connectivity index (χ1v) is 7.66. The molecule has 2 heterocycles. The Labute approximate surface area is 129 Å². The molecule has 1 amide bonds. The van der Waals surface area contributed by atoms with Gasteiger partial charge in [0, 0.05) is 12.1 Å². The zero-order valence-electron chi connectivity index (χ0n) is 12.7. The second-order valence-corrected chi connectivity index (χ2v) is 6.00. The van der Waals surface area contributed by atoms with Crippen molar-refractivity contribution in [2.24, 2.45) is 11.7 Å². The Hall–Kier alpha value is -2.21. The number of piperidine rings is 1. The first kappa shape index (κ1) is 14.7. The van der Waals surface area contributed by atoms with Gasteiger partial charge in [-0.15, -0.1) is 0 Å². The van der Waals surface area contributed by atoms with E-state index in [4.69, 9.17) is 5.73 Å². The highest BCUT2D eigenvalue weighted by Crippen LogP contribution is 2.26. The van der Waals surface area contributed by atoms with Crippen molar-refractivity contribution in [3.8, 4) is 11.3 Å². The number of benzene rings is 1. The van der Waals surface area contributed by atoms with Gasteiger partial charge in [0.2, 0.25) is 0 Å². The average Bonchev–Trinajstić information content (AvgIpc) is 3.00. The number of rotatable bonds is 4. The summed E-state index contributed by atoms with van der Waals surface area (Å²) in [6.45, 7) is 5.38. The van der Waals surface area contributed by atoms with Crippen molar-refractivity contribution in [3.63, 3.8) is 0 Å². The lowest BCUT2D eigenvalue weighted by Gasteiger charge is -2.30. The molecule has 0 saturated carbocycles. The van der Waals surface area contributed by atoms with E-state index in [9.17, 15) is 4.79 Å². The van der Waals surface area contributed by atoms with E-state index in [1.807, 2.05) is 18.2 Å². The van der Waals surface area contributed by atoms with Crippen molar-refractivity contribution in [3.05, 3.63) is 35.5 Å². The van der Waals surface area contributed by atoms with Crippen molar-refractivity contribution in [2.45, 2.75) is 26.3 Å². The first-order valence-electron chi connectivity index (χ1n) is 7.66. The molecule has 0 radical (unpaired) electrons. The second kappa shape index (κ2) is 6.27. The van der Waals surface area contributed by atoms with Gasteiger partial charge in [-0.1, -0.05) is 31.2 Å². The van der Waals surface area contributed by atoms with E-state index in [-0.39, 0.29) is 5.69 Å². The predicted molar refractivity (Wildman–Crippen MR) is 84.0 cm³/mol. The molecule has 6 nitrogen and oxygen atoms in total. The maximum Gasteiger partial charge on any atom is 0.271 e. The number of carbonyl (C=O) groups excluding carboxylic acids is 1. The smallest absolute Gasteiger partial charge is 0.271 e. The summed E-state index contributed by atoms with van der Waals surface area (Å²) in [5.74, 6) is 0.244. The van der Waals surface area contributed by atoms with Crippen molar-refractivity contribution in [2.75, 3.05) is 13.1 Å². The topological polar surface area (TPSA) is 87.9 Å². The van der Waals surface area contributed by atoms with E-state index in [1.165, 1.54) is 12.8 Å². The molecular formula is C16H21N5O. The van der Waals surface area contributed by atoms with Crippen LogP contribution in [-0.2, 0) is 6.54 Å². The fourth-order valence-electron chi connectivity index (χ4n) is 2.94. The van der Waals surface area contributed by atoms with Gasteiger partial charge < -0.3 is 5.73 Å². The van der Waals surface area contributed by atoms with Crippen LogP contribution < -0.4 is 5.73 Å². The molecule has 1 fully saturated rings. The van der Waals surface area contributed by atoms with Crippen LogP contribution in [0.2, 0.25) is 0 Å². The van der Waals surface area contributed by atoms with Crippen molar-refractivity contribution in [1.82, 2.24) is 20.3 Å². The number of carbonyl (C=O) groups is 1. The van der Waals surface area contributed by atoms with E-state index >= 15 is 0 Å². The van der Waals surface area contributed by atoms with Gasteiger partial charge in [-0.25, -0.2) is 0 Å². The van der Waals surface area contributed by atoms with E-state index in [0.29, 0.717) is 5.69 Å². The van der Waals surface area contributed by atoms with Gasteiger partial charge >= 0.3 is 0 Å². The summed E-state index contributed by atoms with van der Waals surface area (Å²) in [7, 11) is 0. The van der Waals surface area contributed by atoms with E-state index < -0.39 is 5.91 Å². The van der Waals surface area contributed by atoms with Gasteiger partial charge in [0.05, 0.1) is 0 Å². The summed E-state index contributed by atoms with van der Waals surface area (Å²) < 4.78 is 0. The fourth-order valence-corrected chi connectivity index (χ4v) is 2.94. The molecule has 3 N–H and O–H groups in total. The number of nitrogens with one attached hydrogen (secondary N) is 1. The molecule has 0 bridgehead atoms. The van der Waals surface area contributed by atoms with Gasteiger partial charge in [0.15, 0.2) is 5.69 Å². The number of hydrogen-bond acceptors (Lipinski definition) is 4. The number of primary amides is 1. The lowest BCUT2D eigenvalue weighted by atomic mass is 9.97. The molecular weight excluding hydrogens is 278 g/mol. The quantitative estimate of drug-likeness (QED) is 0.901. The molecule has 1 aromatic carbocycles. The Morgan fingerprint density at radius 2 is 2.05 bits per heavy atom. The van der Waals surface area contributed by atoms with Gasteiger partial charge in [-0.2, -0.15) is 15.4 Å². The van der Waals surface area contributed by atoms with Crippen LogP contribution >= 0.6 is 0 Å². The Kier molecular flexibility index (Phi) is 4.20.